The summed E-state index contributed by atoms with van der Waals surface area (Å²) in [5.41, 5.74) is 0. The van der Waals surface area contributed by atoms with Crippen molar-refractivity contribution < 1.29 is 18.7 Å². The summed E-state index contributed by atoms with van der Waals surface area (Å²) in [6.45, 7) is 0.108. The van der Waals surface area contributed by atoms with Crippen molar-refractivity contribution in [2.24, 2.45) is 0 Å². The van der Waals surface area contributed by atoms with E-state index in [-0.39, 0.29) is 30.2 Å². The van der Waals surface area contributed by atoms with E-state index in [4.69, 9.17) is 20.8 Å². The Kier molecular flexibility index (Phi) is 4.23. The molecule has 1 aromatic heterocycles. The predicted octanol–water partition coefficient (Wildman–Crippen LogP) is 3.23. The van der Waals surface area contributed by atoms with Crippen molar-refractivity contribution in [3.63, 3.8) is 0 Å². The Balaban J connectivity index is 1.97. The van der Waals surface area contributed by atoms with Gasteiger partial charge in [0.1, 0.15) is 23.9 Å². The number of aliphatic hydroxyl groups is 1. The fourth-order valence-electron chi connectivity index (χ4n) is 1.50. The molecule has 3 nitrogen and oxygen atoms in total. The maximum absolute atomic E-state index is 12.7. The molecule has 18 heavy (non-hydrogen) atoms. The van der Waals surface area contributed by atoms with Crippen molar-refractivity contribution in [2.45, 2.75) is 5.92 Å². The lowest BCUT2D eigenvalue weighted by Gasteiger charge is -2.13. The summed E-state index contributed by atoms with van der Waals surface area (Å²) in [6.07, 6.45) is 0. The number of hydrogen-bond donors (Lipinski definition) is 1. The molecule has 1 heterocycles. The zero-order valence-electron chi connectivity index (χ0n) is 9.48. The first-order valence-corrected chi connectivity index (χ1v) is 5.81. The summed E-state index contributed by atoms with van der Waals surface area (Å²) in [6, 6.07) is 8.98. The third kappa shape index (κ3) is 3.24. The van der Waals surface area contributed by atoms with Gasteiger partial charge in [-0.05, 0) is 48.0 Å². The van der Waals surface area contributed by atoms with Crippen LogP contribution in [0, 0.1) is 5.82 Å². The zero-order chi connectivity index (χ0) is 13.0. The minimum atomic E-state index is -0.320. The van der Waals surface area contributed by atoms with Crippen molar-refractivity contribution >= 4 is 11.6 Å². The Morgan fingerprint density at radius 1 is 1.22 bits per heavy atom. The van der Waals surface area contributed by atoms with Gasteiger partial charge in [0.05, 0.1) is 12.5 Å². The lowest BCUT2D eigenvalue weighted by atomic mass is 10.1. The molecule has 2 rings (SSSR count). The highest BCUT2D eigenvalue weighted by Gasteiger charge is 2.15. The molecule has 0 saturated heterocycles. The SMILES string of the molecule is OCC(COc1ccc(F)cc1)c1ccc(Cl)o1. The highest BCUT2D eigenvalue weighted by Crippen LogP contribution is 2.22. The molecule has 1 atom stereocenters. The number of rotatable bonds is 5. The van der Waals surface area contributed by atoms with Crippen LogP contribution in [-0.4, -0.2) is 18.3 Å². The van der Waals surface area contributed by atoms with Crippen LogP contribution in [0.5, 0.6) is 5.75 Å². The van der Waals surface area contributed by atoms with E-state index in [9.17, 15) is 9.50 Å². The lowest BCUT2D eigenvalue weighted by Crippen LogP contribution is -2.13. The summed E-state index contributed by atoms with van der Waals surface area (Å²) < 4.78 is 23.4. The number of aliphatic hydroxyl groups excluding tert-OH is 1. The van der Waals surface area contributed by atoms with Crippen LogP contribution in [0.25, 0.3) is 0 Å². The van der Waals surface area contributed by atoms with E-state index < -0.39 is 0 Å². The van der Waals surface area contributed by atoms with Gasteiger partial charge in [0, 0.05) is 0 Å². The van der Waals surface area contributed by atoms with Gasteiger partial charge in [-0.1, -0.05) is 0 Å². The van der Waals surface area contributed by atoms with Crippen LogP contribution >= 0.6 is 11.6 Å². The van der Waals surface area contributed by atoms with Gasteiger partial charge in [-0.25, -0.2) is 4.39 Å². The topological polar surface area (TPSA) is 42.6 Å². The normalized spacial score (nSPS) is 12.4. The molecule has 96 valence electrons. The molecule has 0 fully saturated rings. The monoisotopic (exact) mass is 270 g/mol. The quantitative estimate of drug-likeness (QED) is 0.907. The van der Waals surface area contributed by atoms with Crippen LogP contribution in [0.4, 0.5) is 4.39 Å². The number of ether oxygens (including phenoxy) is 1. The van der Waals surface area contributed by atoms with Gasteiger partial charge >= 0.3 is 0 Å². The highest BCUT2D eigenvalue weighted by molar-refractivity contribution is 6.28. The molecule has 0 amide bonds. The molecular weight excluding hydrogens is 259 g/mol. The summed E-state index contributed by atoms with van der Waals surface area (Å²) in [7, 11) is 0. The van der Waals surface area contributed by atoms with Gasteiger partial charge < -0.3 is 14.3 Å². The molecule has 0 aliphatic heterocycles. The molecule has 0 aliphatic carbocycles. The van der Waals surface area contributed by atoms with Crippen molar-refractivity contribution in [1.29, 1.82) is 0 Å². The minimum absolute atomic E-state index is 0.120. The summed E-state index contributed by atoms with van der Waals surface area (Å²) >= 11 is 5.67. The minimum Gasteiger partial charge on any atom is -0.493 e. The van der Waals surface area contributed by atoms with Crippen molar-refractivity contribution in [3.05, 3.63) is 53.2 Å². The number of hydrogen-bond acceptors (Lipinski definition) is 3. The van der Waals surface area contributed by atoms with Gasteiger partial charge in [-0.15, -0.1) is 0 Å². The van der Waals surface area contributed by atoms with Crippen LogP contribution < -0.4 is 4.74 Å². The Hall–Kier alpha value is -1.52. The first kappa shape index (κ1) is 12.9. The molecule has 1 aromatic carbocycles. The first-order chi connectivity index (χ1) is 8.69. The number of furan rings is 1. The molecular formula is C13H12ClFO3. The zero-order valence-corrected chi connectivity index (χ0v) is 10.2. The second-order valence-corrected chi connectivity index (χ2v) is 4.16. The van der Waals surface area contributed by atoms with E-state index in [1.165, 1.54) is 24.3 Å². The van der Waals surface area contributed by atoms with Gasteiger partial charge in [0.15, 0.2) is 5.22 Å². The summed E-state index contributed by atoms with van der Waals surface area (Å²) in [5.74, 6) is 0.471. The maximum atomic E-state index is 12.7. The fraction of sp³-hybridized carbons (Fsp3) is 0.231. The molecule has 0 bridgehead atoms. The van der Waals surface area contributed by atoms with Gasteiger partial charge in [0.2, 0.25) is 0 Å². The molecule has 0 radical (unpaired) electrons. The molecule has 1 unspecified atom stereocenters. The standard InChI is InChI=1S/C13H12ClFO3/c14-13-6-5-12(18-13)9(7-16)8-17-11-3-1-10(15)2-4-11/h1-6,9,16H,7-8H2. The Bertz CT molecular complexity index is 495. The van der Waals surface area contributed by atoms with Gasteiger partial charge in [-0.3, -0.25) is 0 Å². The van der Waals surface area contributed by atoms with E-state index >= 15 is 0 Å². The van der Waals surface area contributed by atoms with Crippen LogP contribution in [-0.2, 0) is 0 Å². The summed E-state index contributed by atoms with van der Waals surface area (Å²) in [4.78, 5) is 0. The second kappa shape index (κ2) is 5.89. The second-order valence-electron chi connectivity index (χ2n) is 3.79. The third-order valence-electron chi connectivity index (χ3n) is 2.48. The van der Waals surface area contributed by atoms with Gasteiger partial charge in [0.25, 0.3) is 0 Å². The first-order valence-electron chi connectivity index (χ1n) is 5.43. The molecule has 1 N–H and O–H groups in total. The van der Waals surface area contributed by atoms with Gasteiger partial charge in [-0.2, -0.15) is 0 Å². The fourth-order valence-corrected chi connectivity index (χ4v) is 1.65. The molecule has 0 spiro atoms. The Labute approximate surface area is 109 Å². The third-order valence-corrected chi connectivity index (χ3v) is 2.68. The number of halogens is 2. The molecule has 0 aliphatic rings. The van der Waals surface area contributed by atoms with Crippen LogP contribution in [0.1, 0.15) is 11.7 Å². The van der Waals surface area contributed by atoms with E-state index in [1.807, 2.05) is 0 Å². The van der Waals surface area contributed by atoms with Crippen LogP contribution in [0.15, 0.2) is 40.8 Å². The Morgan fingerprint density at radius 3 is 2.50 bits per heavy atom. The van der Waals surface area contributed by atoms with E-state index in [0.717, 1.165) is 0 Å². The van der Waals surface area contributed by atoms with Crippen LogP contribution in [0.2, 0.25) is 5.22 Å². The van der Waals surface area contributed by atoms with Crippen LogP contribution in [0.3, 0.4) is 0 Å². The van der Waals surface area contributed by atoms with E-state index in [0.29, 0.717) is 11.5 Å². The van der Waals surface area contributed by atoms with Crippen molar-refractivity contribution in [2.75, 3.05) is 13.2 Å². The highest BCUT2D eigenvalue weighted by atomic mass is 35.5. The maximum Gasteiger partial charge on any atom is 0.193 e. The largest absolute Gasteiger partial charge is 0.493 e. The number of benzene rings is 1. The van der Waals surface area contributed by atoms with E-state index in [2.05, 4.69) is 0 Å². The molecule has 0 saturated carbocycles. The average molecular weight is 271 g/mol. The average Bonchev–Trinajstić information content (AvgIpc) is 2.79. The predicted molar refractivity (Wildman–Crippen MR) is 65.4 cm³/mol. The molecule has 2 aromatic rings. The molecule has 5 heteroatoms. The Morgan fingerprint density at radius 2 is 1.94 bits per heavy atom. The van der Waals surface area contributed by atoms with Crippen molar-refractivity contribution in [3.8, 4) is 5.75 Å². The lowest BCUT2D eigenvalue weighted by molar-refractivity contribution is 0.190. The smallest absolute Gasteiger partial charge is 0.193 e. The summed E-state index contributed by atoms with van der Waals surface area (Å²) in [5, 5.41) is 9.54. The van der Waals surface area contributed by atoms with Crippen molar-refractivity contribution in [1.82, 2.24) is 0 Å². The van der Waals surface area contributed by atoms with E-state index in [1.54, 1.807) is 12.1 Å².